The Balaban J connectivity index is 2.14. The lowest BCUT2D eigenvalue weighted by Gasteiger charge is -2.12. The Morgan fingerprint density at radius 2 is 2.05 bits per heavy atom. The Morgan fingerprint density at radius 1 is 1.30 bits per heavy atom. The average Bonchev–Trinajstić information content (AvgIpc) is 2.82. The molecule has 1 heterocycles. The minimum atomic E-state index is -3.40. The summed E-state index contributed by atoms with van der Waals surface area (Å²) in [5.41, 5.74) is 0.762. The van der Waals surface area contributed by atoms with Crippen LogP contribution in [0.3, 0.4) is 0 Å². The molecule has 0 spiro atoms. The van der Waals surface area contributed by atoms with Crippen molar-refractivity contribution in [2.45, 2.75) is 11.4 Å². The molecular formula is C13H15ClN2O2S2. The van der Waals surface area contributed by atoms with Gasteiger partial charge in [0.2, 0.25) is 10.0 Å². The molecule has 2 aromatic rings. The lowest BCUT2D eigenvalue weighted by molar-refractivity contribution is 0.521. The maximum atomic E-state index is 12.0. The number of hydrogen-bond acceptors (Lipinski definition) is 4. The van der Waals surface area contributed by atoms with Crippen molar-refractivity contribution in [2.24, 2.45) is 0 Å². The molecule has 0 aliphatic carbocycles. The molecule has 1 aromatic carbocycles. The van der Waals surface area contributed by atoms with Crippen LogP contribution in [0.1, 0.15) is 4.88 Å². The van der Waals surface area contributed by atoms with Gasteiger partial charge < -0.3 is 5.32 Å². The predicted molar refractivity (Wildman–Crippen MR) is 84.0 cm³/mol. The second-order valence-corrected chi connectivity index (χ2v) is 7.98. The van der Waals surface area contributed by atoms with Crippen molar-refractivity contribution in [3.63, 3.8) is 0 Å². The zero-order valence-electron chi connectivity index (χ0n) is 11.1. The highest BCUT2D eigenvalue weighted by Gasteiger charge is 2.17. The predicted octanol–water partition coefficient (Wildman–Crippen LogP) is 3.26. The molecule has 0 bridgehead atoms. The van der Waals surface area contributed by atoms with Gasteiger partial charge in [-0.25, -0.2) is 12.7 Å². The third-order valence-electron chi connectivity index (χ3n) is 2.70. The first-order chi connectivity index (χ1) is 9.39. The summed E-state index contributed by atoms with van der Waals surface area (Å²) in [5.74, 6) is 0. The van der Waals surface area contributed by atoms with E-state index >= 15 is 0 Å². The van der Waals surface area contributed by atoms with E-state index < -0.39 is 10.0 Å². The number of nitrogens with zero attached hydrogens (tertiary/aromatic N) is 1. The van der Waals surface area contributed by atoms with Gasteiger partial charge >= 0.3 is 0 Å². The molecular weight excluding hydrogens is 316 g/mol. The summed E-state index contributed by atoms with van der Waals surface area (Å²) in [5, 5.41) is 5.78. The monoisotopic (exact) mass is 330 g/mol. The van der Waals surface area contributed by atoms with E-state index in [-0.39, 0.29) is 4.90 Å². The molecule has 0 amide bonds. The molecule has 1 N–H and O–H groups in total. The molecule has 0 unspecified atom stereocenters. The van der Waals surface area contributed by atoms with E-state index in [1.165, 1.54) is 18.4 Å². The third kappa shape index (κ3) is 3.52. The molecule has 1 aromatic heterocycles. The number of nitrogens with one attached hydrogen (secondary N) is 1. The van der Waals surface area contributed by atoms with Crippen LogP contribution >= 0.6 is 22.9 Å². The van der Waals surface area contributed by atoms with Gasteiger partial charge in [-0.2, -0.15) is 0 Å². The number of hydrogen-bond donors (Lipinski definition) is 1. The maximum absolute atomic E-state index is 12.0. The van der Waals surface area contributed by atoms with E-state index in [1.807, 2.05) is 17.5 Å². The molecule has 108 valence electrons. The summed E-state index contributed by atoms with van der Waals surface area (Å²) in [6.45, 7) is 0.614. The molecule has 0 aliphatic rings. The zero-order valence-corrected chi connectivity index (χ0v) is 13.5. The van der Waals surface area contributed by atoms with Crippen LogP contribution in [0.25, 0.3) is 0 Å². The lowest BCUT2D eigenvalue weighted by Crippen LogP contribution is -2.22. The minimum absolute atomic E-state index is 0.275. The Bertz CT molecular complexity index is 696. The van der Waals surface area contributed by atoms with Crippen LogP contribution in [-0.2, 0) is 16.6 Å². The standard InChI is InChI=1S/C13H15ClN2O2S2/c1-16(2)20(17,18)13-5-3-4-11(7-13)15-8-12-6-10(14)9-19-12/h3-7,9,15H,8H2,1-2H3. The van der Waals surface area contributed by atoms with Gasteiger partial charge in [0.1, 0.15) is 0 Å². The van der Waals surface area contributed by atoms with E-state index in [0.29, 0.717) is 6.54 Å². The Kier molecular flexibility index (Phi) is 4.70. The van der Waals surface area contributed by atoms with Crippen molar-refractivity contribution in [1.29, 1.82) is 0 Å². The van der Waals surface area contributed by atoms with Gasteiger partial charge in [0, 0.05) is 36.6 Å². The maximum Gasteiger partial charge on any atom is 0.242 e. The van der Waals surface area contributed by atoms with Gasteiger partial charge in [0.05, 0.1) is 9.92 Å². The summed E-state index contributed by atoms with van der Waals surface area (Å²) in [6.07, 6.45) is 0. The van der Waals surface area contributed by atoms with Gasteiger partial charge in [-0.05, 0) is 24.3 Å². The third-order valence-corrected chi connectivity index (χ3v) is 5.80. The Hall–Kier alpha value is -1.08. The second kappa shape index (κ2) is 6.13. The number of rotatable bonds is 5. The smallest absolute Gasteiger partial charge is 0.242 e. The van der Waals surface area contributed by atoms with Gasteiger partial charge in [-0.15, -0.1) is 11.3 Å². The lowest BCUT2D eigenvalue weighted by atomic mass is 10.3. The van der Waals surface area contributed by atoms with Crippen LogP contribution in [0.4, 0.5) is 5.69 Å². The summed E-state index contributed by atoms with van der Waals surface area (Å²) < 4.78 is 25.3. The van der Waals surface area contributed by atoms with Crippen molar-refractivity contribution in [2.75, 3.05) is 19.4 Å². The first-order valence-corrected chi connectivity index (χ1v) is 8.59. The van der Waals surface area contributed by atoms with Gasteiger partial charge in [0.25, 0.3) is 0 Å². The molecule has 2 rings (SSSR count). The normalized spacial score (nSPS) is 11.8. The summed E-state index contributed by atoms with van der Waals surface area (Å²) >= 11 is 7.42. The highest BCUT2D eigenvalue weighted by Crippen LogP contribution is 2.22. The van der Waals surface area contributed by atoms with E-state index in [2.05, 4.69) is 5.32 Å². The molecule has 0 fully saturated rings. The van der Waals surface area contributed by atoms with Crippen LogP contribution in [0.2, 0.25) is 5.02 Å². The van der Waals surface area contributed by atoms with Crippen molar-refractivity contribution in [1.82, 2.24) is 4.31 Å². The Labute approximate surface area is 128 Å². The molecule has 0 atom stereocenters. The fraction of sp³-hybridized carbons (Fsp3) is 0.231. The topological polar surface area (TPSA) is 49.4 Å². The number of halogens is 1. The molecule has 4 nitrogen and oxygen atoms in total. The number of sulfonamides is 1. The number of benzene rings is 1. The highest BCUT2D eigenvalue weighted by molar-refractivity contribution is 7.89. The number of anilines is 1. The van der Waals surface area contributed by atoms with E-state index in [4.69, 9.17) is 11.6 Å². The molecule has 7 heteroatoms. The first kappa shape index (κ1) is 15.3. The second-order valence-electron chi connectivity index (χ2n) is 4.40. The van der Waals surface area contributed by atoms with E-state index in [9.17, 15) is 8.42 Å². The summed E-state index contributed by atoms with van der Waals surface area (Å²) in [7, 11) is -0.370. The Morgan fingerprint density at radius 3 is 2.65 bits per heavy atom. The molecule has 0 saturated heterocycles. The fourth-order valence-electron chi connectivity index (χ4n) is 1.61. The van der Waals surface area contributed by atoms with Crippen LogP contribution in [0.15, 0.2) is 40.6 Å². The quantitative estimate of drug-likeness (QED) is 0.915. The molecule has 0 aliphatic heterocycles. The van der Waals surface area contributed by atoms with Crippen LogP contribution in [-0.4, -0.2) is 26.8 Å². The fourth-order valence-corrected chi connectivity index (χ4v) is 3.57. The SMILES string of the molecule is CN(C)S(=O)(=O)c1cccc(NCc2cc(Cl)cs2)c1. The van der Waals surface area contributed by atoms with Crippen molar-refractivity contribution < 1.29 is 8.42 Å². The van der Waals surface area contributed by atoms with Crippen molar-refractivity contribution >= 4 is 38.6 Å². The molecule has 20 heavy (non-hydrogen) atoms. The van der Waals surface area contributed by atoms with Gasteiger partial charge in [-0.3, -0.25) is 0 Å². The number of thiophene rings is 1. The highest BCUT2D eigenvalue weighted by atomic mass is 35.5. The van der Waals surface area contributed by atoms with E-state index in [0.717, 1.165) is 15.6 Å². The average molecular weight is 331 g/mol. The van der Waals surface area contributed by atoms with Crippen molar-refractivity contribution in [3.05, 3.63) is 45.6 Å². The van der Waals surface area contributed by atoms with Gasteiger partial charge in [0.15, 0.2) is 0 Å². The first-order valence-electron chi connectivity index (χ1n) is 5.89. The van der Waals surface area contributed by atoms with Crippen molar-refractivity contribution in [3.8, 4) is 0 Å². The zero-order chi connectivity index (χ0) is 14.8. The largest absolute Gasteiger partial charge is 0.380 e. The summed E-state index contributed by atoms with van der Waals surface area (Å²) in [4.78, 5) is 1.37. The van der Waals surface area contributed by atoms with E-state index in [1.54, 1.807) is 29.5 Å². The molecule has 0 radical (unpaired) electrons. The molecule has 0 saturated carbocycles. The van der Waals surface area contributed by atoms with Crippen LogP contribution in [0, 0.1) is 0 Å². The summed E-state index contributed by atoms with van der Waals surface area (Å²) in [6, 6.07) is 8.66. The van der Waals surface area contributed by atoms with Crippen LogP contribution in [0.5, 0.6) is 0 Å². The minimum Gasteiger partial charge on any atom is -0.380 e. The van der Waals surface area contributed by atoms with Gasteiger partial charge in [-0.1, -0.05) is 17.7 Å². The van der Waals surface area contributed by atoms with Crippen LogP contribution < -0.4 is 5.32 Å².